The number of aryl methyl sites for hydroxylation is 1. The quantitative estimate of drug-likeness (QED) is 0.109. The summed E-state index contributed by atoms with van der Waals surface area (Å²) in [6.07, 6.45) is 4.50. The highest BCUT2D eigenvalue weighted by Gasteiger charge is 2.39. The molecule has 8 heteroatoms. The molecule has 1 aromatic heterocycles. The van der Waals surface area contributed by atoms with Crippen LogP contribution in [-0.4, -0.2) is 37.1 Å². The van der Waals surface area contributed by atoms with Crippen molar-refractivity contribution in [3.8, 4) is 28.7 Å². The second kappa shape index (κ2) is 11.5. The van der Waals surface area contributed by atoms with Crippen LogP contribution >= 0.6 is 0 Å². The van der Waals surface area contributed by atoms with Crippen molar-refractivity contribution in [2.24, 2.45) is 7.05 Å². The first-order chi connectivity index (χ1) is 21.9. The Morgan fingerprint density at radius 1 is 0.911 bits per heavy atom. The molecule has 0 fully saturated rings. The molecule has 8 nitrogen and oxygen atoms in total. The van der Waals surface area contributed by atoms with Crippen LogP contribution < -0.4 is 23.7 Å². The van der Waals surface area contributed by atoms with Crippen LogP contribution in [0.15, 0.2) is 90.8 Å². The third-order valence-electron chi connectivity index (χ3n) is 8.40. The summed E-state index contributed by atoms with van der Waals surface area (Å²) in [5, 5.41) is 0.936. The molecule has 0 N–H and O–H groups in total. The van der Waals surface area contributed by atoms with E-state index in [2.05, 4.69) is 0 Å². The molecule has 2 aliphatic rings. The van der Waals surface area contributed by atoms with Gasteiger partial charge in [0.05, 0.1) is 32.8 Å². The highest BCUT2D eigenvalue weighted by Crippen LogP contribution is 2.50. The third-order valence-corrected chi connectivity index (χ3v) is 8.40. The average Bonchev–Trinajstić information content (AvgIpc) is 3.55. The molecule has 1 unspecified atom stereocenters. The van der Waals surface area contributed by atoms with Crippen molar-refractivity contribution in [1.29, 1.82) is 0 Å². The maximum atomic E-state index is 13.7. The summed E-state index contributed by atoms with van der Waals surface area (Å²) in [6.45, 7) is 0.442. The number of nitrogens with zero attached hydrogens (tertiary/aromatic N) is 1. The van der Waals surface area contributed by atoms with Crippen LogP contribution in [0.2, 0.25) is 0 Å². The molecule has 7 rings (SSSR count). The van der Waals surface area contributed by atoms with Gasteiger partial charge in [-0.15, -0.1) is 0 Å². The fourth-order valence-corrected chi connectivity index (χ4v) is 6.13. The van der Waals surface area contributed by atoms with Crippen molar-refractivity contribution in [2.45, 2.75) is 18.8 Å². The minimum Gasteiger partial charge on any atom is -0.497 e. The van der Waals surface area contributed by atoms with Crippen molar-refractivity contribution < 1.29 is 33.3 Å². The van der Waals surface area contributed by atoms with Crippen LogP contribution in [0.25, 0.3) is 17.0 Å². The zero-order valence-electron chi connectivity index (χ0n) is 25.2. The summed E-state index contributed by atoms with van der Waals surface area (Å²) < 4.78 is 31.0. The van der Waals surface area contributed by atoms with Gasteiger partial charge in [-0.05, 0) is 60.2 Å². The number of allylic oxidation sites excluding steroid dienone is 1. The molecule has 0 aliphatic carbocycles. The highest BCUT2D eigenvalue weighted by atomic mass is 16.5. The molecule has 2 aliphatic heterocycles. The molecule has 0 spiro atoms. The van der Waals surface area contributed by atoms with Crippen molar-refractivity contribution in [3.05, 3.63) is 119 Å². The Morgan fingerprint density at radius 3 is 2.49 bits per heavy atom. The lowest BCUT2D eigenvalue weighted by atomic mass is 9.84. The Bertz CT molecular complexity index is 1990. The van der Waals surface area contributed by atoms with Gasteiger partial charge in [-0.3, -0.25) is 9.59 Å². The third kappa shape index (κ3) is 5.18. The van der Waals surface area contributed by atoms with E-state index >= 15 is 0 Å². The maximum Gasteiger partial charge on any atom is 0.312 e. The summed E-state index contributed by atoms with van der Waals surface area (Å²) >= 11 is 0. The minimum atomic E-state index is -0.428. The molecular formula is C37H31NO7. The molecule has 0 saturated heterocycles. The smallest absolute Gasteiger partial charge is 0.312 e. The van der Waals surface area contributed by atoms with E-state index in [0.29, 0.717) is 41.4 Å². The highest BCUT2D eigenvalue weighted by molar-refractivity contribution is 6.15. The van der Waals surface area contributed by atoms with Gasteiger partial charge in [-0.25, -0.2) is 0 Å². The second-order valence-electron chi connectivity index (χ2n) is 11.1. The largest absolute Gasteiger partial charge is 0.497 e. The van der Waals surface area contributed by atoms with Gasteiger partial charge in [0, 0.05) is 53.2 Å². The fourth-order valence-electron chi connectivity index (χ4n) is 6.13. The Kier molecular flexibility index (Phi) is 7.25. The Labute approximate surface area is 260 Å². The molecule has 3 heterocycles. The summed E-state index contributed by atoms with van der Waals surface area (Å²) in [5.74, 6) is 2.17. The van der Waals surface area contributed by atoms with Gasteiger partial charge >= 0.3 is 5.97 Å². The minimum absolute atomic E-state index is 0.0853. The summed E-state index contributed by atoms with van der Waals surface area (Å²) in [7, 11) is 5.22. The van der Waals surface area contributed by atoms with Crippen LogP contribution in [0.4, 0.5) is 0 Å². The second-order valence-corrected chi connectivity index (χ2v) is 11.1. The number of ether oxygens (including phenoxy) is 5. The van der Waals surface area contributed by atoms with E-state index in [4.69, 9.17) is 23.7 Å². The molecular weight excluding hydrogens is 570 g/mol. The molecule has 4 aromatic carbocycles. The predicted molar refractivity (Wildman–Crippen MR) is 170 cm³/mol. The molecule has 1 atom stereocenters. The van der Waals surface area contributed by atoms with Crippen molar-refractivity contribution >= 4 is 28.7 Å². The predicted octanol–water partition coefficient (Wildman–Crippen LogP) is 6.87. The van der Waals surface area contributed by atoms with Gasteiger partial charge in [0.1, 0.15) is 28.7 Å². The standard InChI is InChI=1S/C37H31NO7/c1-38-21-23(28-19-25(42-3)12-14-30(28)38)18-33-36(40)27-13-15-32-35(37(27)45-33)29(20-34(39)44-32)26-6-4-5-7-31(26)43-17-16-22-8-10-24(41-2)11-9-22/h4-15,18-19,21,29H,16-17,20H2,1-3H3. The van der Waals surface area contributed by atoms with Gasteiger partial charge in [-0.2, -0.15) is 0 Å². The molecule has 0 bridgehead atoms. The lowest BCUT2D eigenvalue weighted by Crippen LogP contribution is -2.22. The molecule has 0 radical (unpaired) electrons. The molecule has 0 saturated carbocycles. The molecule has 45 heavy (non-hydrogen) atoms. The first kappa shape index (κ1) is 28.3. The normalized spacial score (nSPS) is 16.2. The van der Waals surface area contributed by atoms with Crippen molar-refractivity contribution in [2.75, 3.05) is 20.8 Å². The number of carbonyl (C=O) groups excluding carboxylic acids is 2. The Hall–Kier alpha value is -5.50. The maximum absolute atomic E-state index is 13.7. The average molecular weight is 602 g/mol. The number of carbonyl (C=O) groups is 2. The van der Waals surface area contributed by atoms with Gasteiger partial charge in [0.2, 0.25) is 5.78 Å². The summed E-state index contributed by atoms with van der Waals surface area (Å²) in [4.78, 5) is 26.5. The number of hydrogen-bond acceptors (Lipinski definition) is 7. The monoisotopic (exact) mass is 601 g/mol. The topological polar surface area (TPSA) is 85.2 Å². The number of rotatable bonds is 8. The zero-order chi connectivity index (χ0) is 31.1. The Morgan fingerprint density at radius 2 is 1.69 bits per heavy atom. The van der Waals surface area contributed by atoms with Gasteiger partial charge < -0.3 is 28.3 Å². The molecule has 226 valence electrons. The molecule has 5 aromatic rings. The van der Waals surface area contributed by atoms with E-state index in [0.717, 1.165) is 39.1 Å². The van der Waals surface area contributed by atoms with E-state index in [1.807, 2.05) is 84.5 Å². The van der Waals surface area contributed by atoms with Crippen molar-refractivity contribution in [1.82, 2.24) is 4.57 Å². The van der Waals surface area contributed by atoms with E-state index in [-0.39, 0.29) is 23.9 Å². The number of hydrogen-bond donors (Lipinski definition) is 0. The lowest BCUT2D eigenvalue weighted by molar-refractivity contribution is -0.135. The van der Waals surface area contributed by atoms with E-state index < -0.39 is 5.92 Å². The first-order valence-corrected chi connectivity index (χ1v) is 14.7. The number of ketones is 1. The summed E-state index contributed by atoms with van der Waals surface area (Å²) in [5.41, 5.74) is 4.86. The Balaban J connectivity index is 1.22. The molecule has 0 amide bonds. The van der Waals surface area contributed by atoms with Crippen LogP contribution in [0, 0.1) is 0 Å². The van der Waals surface area contributed by atoms with Crippen LogP contribution in [0.5, 0.6) is 28.7 Å². The van der Waals surface area contributed by atoms with Crippen LogP contribution in [-0.2, 0) is 18.3 Å². The zero-order valence-corrected chi connectivity index (χ0v) is 25.2. The van der Waals surface area contributed by atoms with Crippen LogP contribution in [0.1, 0.15) is 45.0 Å². The van der Waals surface area contributed by atoms with E-state index in [9.17, 15) is 9.59 Å². The lowest BCUT2D eigenvalue weighted by Gasteiger charge is -2.27. The number of esters is 1. The number of benzene rings is 4. The fraction of sp³-hybridized carbons (Fsp3) is 0.189. The number of aromatic nitrogens is 1. The van der Waals surface area contributed by atoms with Gasteiger partial charge in [0.25, 0.3) is 0 Å². The first-order valence-electron chi connectivity index (χ1n) is 14.7. The summed E-state index contributed by atoms with van der Waals surface area (Å²) in [6, 6.07) is 24.7. The van der Waals surface area contributed by atoms with Gasteiger partial charge in [-0.1, -0.05) is 30.3 Å². The number of para-hydroxylation sites is 1. The number of methoxy groups -OCH3 is 2. The van der Waals surface area contributed by atoms with Crippen molar-refractivity contribution in [3.63, 3.8) is 0 Å². The SMILES string of the molecule is COc1ccc(CCOc2ccccc2C2CC(=O)Oc3ccc4c(c32)OC(=Cc2cn(C)c3ccc(OC)cc23)C4=O)cc1. The van der Waals surface area contributed by atoms with Gasteiger partial charge in [0.15, 0.2) is 5.76 Å². The van der Waals surface area contributed by atoms with E-state index in [1.54, 1.807) is 32.4 Å². The number of fused-ring (bicyclic) bond motifs is 4. The number of Topliss-reactive ketones (excluding diaryl/α,β-unsaturated/α-hetero) is 1. The van der Waals surface area contributed by atoms with E-state index in [1.165, 1.54) is 0 Å². The van der Waals surface area contributed by atoms with Crippen LogP contribution in [0.3, 0.4) is 0 Å².